The predicted molar refractivity (Wildman–Crippen MR) is 89.8 cm³/mol. The van der Waals surface area contributed by atoms with Gasteiger partial charge in [-0.25, -0.2) is 12.7 Å². The highest BCUT2D eigenvalue weighted by atomic mass is 32.2. The lowest BCUT2D eigenvalue weighted by Gasteiger charge is -2.16. The van der Waals surface area contributed by atoms with Gasteiger partial charge in [-0.2, -0.15) is 0 Å². The number of nitrogens with zero attached hydrogens (tertiary/aromatic N) is 1. The number of benzene rings is 2. The molecular formula is C17H23NO3S. The van der Waals surface area contributed by atoms with Crippen molar-refractivity contribution in [2.45, 2.75) is 31.1 Å². The molecule has 0 aliphatic carbocycles. The second kappa shape index (κ2) is 7.11. The van der Waals surface area contributed by atoms with Gasteiger partial charge in [0.25, 0.3) is 0 Å². The van der Waals surface area contributed by atoms with Gasteiger partial charge in [0.1, 0.15) is 5.75 Å². The van der Waals surface area contributed by atoms with Gasteiger partial charge in [-0.1, -0.05) is 44.0 Å². The molecule has 2 rings (SSSR count). The minimum absolute atomic E-state index is 0.314. The summed E-state index contributed by atoms with van der Waals surface area (Å²) in [6.45, 7) is 2.80. The Bertz CT molecular complexity index is 739. The molecule has 0 saturated carbocycles. The monoisotopic (exact) mass is 321 g/mol. The van der Waals surface area contributed by atoms with Gasteiger partial charge in [-0.05, 0) is 18.6 Å². The van der Waals surface area contributed by atoms with Crippen LogP contribution in [0.2, 0.25) is 0 Å². The first-order valence-electron chi connectivity index (χ1n) is 7.55. The van der Waals surface area contributed by atoms with E-state index >= 15 is 0 Å². The van der Waals surface area contributed by atoms with Crippen molar-refractivity contribution in [3.8, 4) is 5.75 Å². The van der Waals surface area contributed by atoms with Crippen LogP contribution >= 0.6 is 0 Å². The fourth-order valence-corrected chi connectivity index (χ4v) is 3.41. The highest BCUT2D eigenvalue weighted by molar-refractivity contribution is 7.89. The third-order valence-corrected chi connectivity index (χ3v) is 5.48. The van der Waals surface area contributed by atoms with E-state index in [0.717, 1.165) is 30.4 Å². The van der Waals surface area contributed by atoms with Crippen molar-refractivity contribution in [1.82, 2.24) is 4.31 Å². The predicted octanol–water partition coefficient (Wildman–Crippen LogP) is 3.66. The molecule has 0 aliphatic heterocycles. The Labute approximate surface area is 132 Å². The number of rotatable bonds is 7. The molecule has 0 bridgehead atoms. The van der Waals surface area contributed by atoms with Crippen molar-refractivity contribution < 1.29 is 13.2 Å². The van der Waals surface area contributed by atoms with Crippen molar-refractivity contribution in [2.24, 2.45) is 0 Å². The molecule has 4 nitrogen and oxygen atoms in total. The lowest BCUT2D eigenvalue weighted by Crippen LogP contribution is -2.22. The highest BCUT2D eigenvalue weighted by Crippen LogP contribution is 2.32. The van der Waals surface area contributed by atoms with Gasteiger partial charge in [-0.15, -0.1) is 0 Å². The highest BCUT2D eigenvalue weighted by Gasteiger charge is 2.21. The maximum Gasteiger partial charge on any atom is 0.243 e. The van der Waals surface area contributed by atoms with Crippen LogP contribution < -0.4 is 4.74 Å². The molecule has 0 aliphatic rings. The van der Waals surface area contributed by atoms with Crippen LogP contribution in [0.5, 0.6) is 5.75 Å². The molecule has 0 atom stereocenters. The third-order valence-electron chi connectivity index (χ3n) is 3.61. The molecule has 0 saturated heterocycles. The molecule has 120 valence electrons. The summed E-state index contributed by atoms with van der Waals surface area (Å²) in [6.07, 6.45) is 3.28. The van der Waals surface area contributed by atoms with E-state index in [9.17, 15) is 8.42 Å². The lowest BCUT2D eigenvalue weighted by atomic mass is 10.1. The van der Waals surface area contributed by atoms with Gasteiger partial charge >= 0.3 is 0 Å². The van der Waals surface area contributed by atoms with Gasteiger partial charge in [-0.3, -0.25) is 0 Å². The third kappa shape index (κ3) is 3.42. The Balaban J connectivity index is 2.44. The van der Waals surface area contributed by atoms with Crippen molar-refractivity contribution in [3.05, 3.63) is 36.4 Å². The molecule has 0 spiro atoms. The molecule has 0 N–H and O–H groups in total. The molecule has 0 unspecified atom stereocenters. The summed E-state index contributed by atoms with van der Waals surface area (Å²) in [5, 5.41) is 1.53. The smallest absolute Gasteiger partial charge is 0.243 e. The zero-order chi connectivity index (χ0) is 16.2. The summed E-state index contributed by atoms with van der Waals surface area (Å²) in [5.74, 6) is 0.740. The summed E-state index contributed by atoms with van der Waals surface area (Å²) in [4.78, 5) is 0.314. The minimum Gasteiger partial charge on any atom is -0.493 e. The molecule has 22 heavy (non-hydrogen) atoms. The number of unbranched alkanes of at least 4 members (excludes halogenated alkanes) is 2. The van der Waals surface area contributed by atoms with Gasteiger partial charge in [0.05, 0.1) is 11.5 Å². The molecule has 0 fully saturated rings. The molecule has 0 heterocycles. The van der Waals surface area contributed by atoms with Crippen LogP contribution in [0.3, 0.4) is 0 Å². The summed E-state index contributed by atoms with van der Waals surface area (Å²) >= 11 is 0. The van der Waals surface area contributed by atoms with Crippen molar-refractivity contribution >= 4 is 20.8 Å². The second-order valence-corrected chi connectivity index (χ2v) is 7.57. The molecule has 0 amide bonds. The number of sulfonamides is 1. The molecule has 0 aromatic heterocycles. The molecular weight excluding hydrogens is 298 g/mol. The number of hydrogen-bond acceptors (Lipinski definition) is 3. The van der Waals surface area contributed by atoms with E-state index in [0.29, 0.717) is 16.9 Å². The Hall–Kier alpha value is -1.59. The average Bonchev–Trinajstić information content (AvgIpc) is 2.51. The van der Waals surface area contributed by atoms with Gasteiger partial charge in [0, 0.05) is 24.9 Å². The Morgan fingerprint density at radius 1 is 1.00 bits per heavy atom. The van der Waals surface area contributed by atoms with Gasteiger partial charge in [0.15, 0.2) is 0 Å². The van der Waals surface area contributed by atoms with E-state index in [1.54, 1.807) is 26.2 Å². The molecule has 2 aromatic carbocycles. The summed E-state index contributed by atoms with van der Waals surface area (Å²) in [7, 11) is -0.390. The number of fused-ring (bicyclic) bond motifs is 1. The SMILES string of the molecule is CCCCCOc1ccc(S(=O)(=O)N(C)C)c2ccccc12. The van der Waals surface area contributed by atoms with Crippen molar-refractivity contribution in [2.75, 3.05) is 20.7 Å². The van der Waals surface area contributed by atoms with E-state index < -0.39 is 10.0 Å². The number of hydrogen-bond donors (Lipinski definition) is 0. The van der Waals surface area contributed by atoms with Crippen LogP contribution in [0.25, 0.3) is 10.8 Å². The lowest BCUT2D eigenvalue weighted by molar-refractivity contribution is 0.309. The van der Waals surface area contributed by atoms with E-state index in [1.807, 2.05) is 24.3 Å². The Morgan fingerprint density at radius 2 is 1.68 bits per heavy atom. The zero-order valence-electron chi connectivity index (χ0n) is 13.4. The quantitative estimate of drug-likeness (QED) is 0.731. The zero-order valence-corrected chi connectivity index (χ0v) is 14.2. The van der Waals surface area contributed by atoms with Crippen molar-refractivity contribution in [1.29, 1.82) is 0 Å². The largest absolute Gasteiger partial charge is 0.493 e. The first-order valence-corrected chi connectivity index (χ1v) is 8.99. The topological polar surface area (TPSA) is 46.6 Å². The number of ether oxygens (including phenoxy) is 1. The van der Waals surface area contributed by atoms with Gasteiger partial charge in [0.2, 0.25) is 10.0 Å². The van der Waals surface area contributed by atoms with Crippen LogP contribution in [-0.2, 0) is 10.0 Å². The van der Waals surface area contributed by atoms with E-state index in [2.05, 4.69) is 6.92 Å². The first-order chi connectivity index (χ1) is 10.5. The average molecular weight is 321 g/mol. The van der Waals surface area contributed by atoms with Crippen molar-refractivity contribution in [3.63, 3.8) is 0 Å². The fourth-order valence-electron chi connectivity index (χ4n) is 2.33. The molecule has 5 heteroatoms. The Kier molecular flexibility index (Phi) is 5.42. The van der Waals surface area contributed by atoms with E-state index in [1.165, 1.54) is 4.31 Å². The molecule has 0 radical (unpaired) electrons. The van der Waals surface area contributed by atoms with Crippen LogP contribution in [0, 0.1) is 0 Å². The summed E-state index contributed by atoms with van der Waals surface area (Å²) < 4.78 is 32.0. The minimum atomic E-state index is -3.47. The maximum atomic E-state index is 12.4. The van der Waals surface area contributed by atoms with Crippen LogP contribution in [-0.4, -0.2) is 33.4 Å². The summed E-state index contributed by atoms with van der Waals surface area (Å²) in [6, 6.07) is 10.9. The standard InChI is InChI=1S/C17H23NO3S/c1-4-5-8-13-21-16-11-12-17(22(19,20)18(2)3)15-10-7-6-9-14(15)16/h6-7,9-12H,4-5,8,13H2,1-3H3. The second-order valence-electron chi connectivity index (χ2n) is 5.45. The van der Waals surface area contributed by atoms with E-state index in [-0.39, 0.29) is 0 Å². The van der Waals surface area contributed by atoms with E-state index in [4.69, 9.17) is 4.74 Å². The fraction of sp³-hybridized carbons (Fsp3) is 0.412. The summed E-state index contributed by atoms with van der Waals surface area (Å²) in [5.41, 5.74) is 0. The molecule has 2 aromatic rings. The van der Waals surface area contributed by atoms with Crippen LogP contribution in [0.4, 0.5) is 0 Å². The van der Waals surface area contributed by atoms with Crippen LogP contribution in [0.15, 0.2) is 41.3 Å². The Morgan fingerprint density at radius 3 is 2.32 bits per heavy atom. The first kappa shape index (κ1) is 16.8. The van der Waals surface area contributed by atoms with Gasteiger partial charge < -0.3 is 4.74 Å². The maximum absolute atomic E-state index is 12.4. The normalized spacial score (nSPS) is 12.0. The van der Waals surface area contributed by atoms with Crippen LogP contribution in [0.1, 0.15) is 26.2 Å².